The molecule has 1 aromatic rings. The first-order valence-electron chi connectivity index (χ1n) is 6.94. The molecule has 0 saturated carbocycles. The molecule has 116 valence electrons. The summed E-state index contributed by atoms with van der Waals surface area (Å²) in [5, 5.41) is 11.3. The Hall–Kier alpha value is -1.69. The van der Waals surface area contributed by atoms with E-state index in [4.69, 9.17) is 9.84 Å². The Labute approximate surface area is 129 Å². The lowest BCUT2D eigenvalue weighted by molar-refractivity contribution is -0.139. The number of carboxylic acids is 1. The topological polar surface area (TPSA) is 75.6 Å². The molecule has 0 atom stereocenters. The van der Waals surface area contributed by atoms with Crippen molar-refractivity contribution < 1.29 is 19.4 Å². The number of carbonyl (C=O) groups excluding carboxylic acids is 1. The fraction of sp³-hybridized carbons (Fsp3) is 0.467. The number of benzene rings is 1. The summed E-state index contributed by atoms with van der Waals surface area (Å²) in [4.78, 5) is 22.1. The number of ether oxygens (including phenoxy) is 1. The van der Waals surface area contributed by atoms with E-state index in [0.717, 1.165) is 11.5 Å². The molecule has 0 unspecified atom stereocenters. The molecule has 0 aliphatic rings. The van der Waals surface area contributed by atoms with Crippen molar-refractivity contribution in [2.45, 2.75) is 26.2 Å². The summed E-state index contributed by atoms with van der Waals surface area (Å²) < 4.78 is 5.01. The fourth-order valence-corrected chi connectivity index (χ4v) is 2.54. The van der Waals surface area contributed by atoms with Crippen molar-refractivity contribution >= 4 is 29.3 Å². The van der Waals surface area contributed by atoms with Gasteiger partial charge in [0.25, 0.3) is 0 Å². The molecule has 0 saturated heterocycles. The van der Waals surface area contributed by atoms with Crippen molar-refractivity contribution in [3.05, 3.63) is 24.3 Å². The Kier molecular flexibility index (Phi) is 8.35. The molecule has 1 aromatic carbocycles. The molecule has 0 heterocycles. The number of hydrogen-bond acceptors (Lipinski definition) is 4. The summed E-state index contributed by atoms with van der Waals surface area (Å²) in [5.74, 6) is 1.35. The summed E-state index contributed by atoms with van der Waals surface area (Å²) in [5.41, 5.74) is 0.682. The number of anilines is 1. The van der Waals surface area contributed by atoms with E-state index in [1.165, 1.54) is 12.8 Å². The monoisotopic (exact) mass is 311 g/mol. The minimum absolute atomic E-state index is 0.0156. The van der Waals surface area contributed by atoms with Crippen LogP contribution in [0.15, 0.2) is 24.3 Å². The predicted octanol–water partition coefficient (Wildman–Crippen LogP) is 3.01. The quantitative estimate of drug-likeness (QED) is 0.650. The van der Waals surface area contributed by atoms with Crippen LogP contribution in [-0.2, 0) is 9.59 Å². The second-order valence-electron chi connectivity index (χ2n) is 4.47. The van der Waals surface area contributed by atoms with E-state index in [1.807, 2.05) is 0 Å². The second-order valence-corrected chi connectivity index (χ2v) is 5.70. The van der Waals surface area contributed by atoms with Gasteiger partial charge in [0, 0.05) is 17.9 Å². The van der Waals surface area contributed by atoms with E-state index in [9.17, 15) is 9.59 Å². The van der Waals surface area contributed by atoms with Gasteiger partial charge in [-0.1, -0.05) is 13.3 Å². The number of carbonyl (C=O) groups is 2. The summed E-state index contributed by atoms with van der Waals surface area (Å²) >= 11 is 1.79. The minimum atomic E-state index is -1.02. The van der Waals surface area contributed by atoms with Crippen LogP contribution in [0.1, 0.15) is 26.2 Å². The molecule has 1 rings (SSSR count). The SMILES string of the molecule is CCCCSCCC(=O)Nc1ccc(OCC(=O)O)cc1. The van der Waals surface area contributed by atoms with Gasteiger partial charge < -0.3 is 15.2 Å². The van der Waals surface area contributed by atoms with Gasteiger partial charge in [-0.2, -0.15) is 11.8 Å². The highest BCUT2D eigenvalue weighted by Gasteiger charge is 2.03. The molecule has 2 N–H and O–H groups in total. The maximum absolute atomic E-state index is 11.7. The largest absolute Gasteiger partial charge is 0.482 e. The van der Waals surface area contributed by atoms with Crippen LogP contribution < -0.4 is 10.1 Å². The number of amides is 1. The number of nitrogens with one attached hydrogen (secondary N) is 1. The first kappa shape index (κ1) is 17.4. The van der Waals surface area contributed by atoms with Crippen molar-refractivity contribution in [1.82, 2.24) is 0 Å². The average Bonchev–Trinajstić information content (AvgIpc) is 2.46. The summed E-state index contributed by atoms with van der Waals surface area (Å²) in [7, 11) is 0. The number of thioether (sulfide) groups is 1. The molecule has 0 aromatic heterocycles. The lowest BCUT2D eigenvalue weighted by Crippen LogP contribution is -2.12. The summed E-state index contributed by atoms with van der Waals surface area (Å²) in [6, 6.07) is 6.65. The summed E-state index contributed by atoms with van der Waals surface area (Å²) in [6.45, 7) is 1.78. The van der Waals surface area contributed by atoms with E-state index in [2.05, 4.69) is 12.2 Å². The molecule has 0 fully saturated rings. The zero-order valence-corrected chi connectivity index (χ0v) is 12.9. The molecule has 6 heteroatoms. The molecule has 0 bridgehead atoms. The van der Waals surface area contributed by atoms with Crippen LogP contribution in [0.5, 0.6) is 5.75 Å². The van der Waals surface area contributed by atoms with Gasteiger partial charge in [0.2, 0.25) is 5.91 Å². The Morgan fingerprint density at radius 1 is 1.24 bits per heavy atom. The Morgan fingerprint density at radius 2 is 1.95 bits per heavy atom. The van der Waals surface area contributed by atoms with Crippen LogP contribution in [-0.4, -0.2) is 35.1 Å². The minimum Gasteiger partial charge on any atom is -0.482 e. The first-order valence-corrected chi connectivity index (χ1v) is 8.09. The second kappa shape index (κ2) is 10.1. The number of hydrogen-bond donors (Lipinski definition) is 2. The molecule has 0 aliphatic heterocycles. The lowest BCUT2D eigenvalue weighted by atomic mass is 10.3. The van der Waals surface area contributed by atoms with Gasteiger partial charge in [0.1, 0.15) is 5.75 Å². The van der Waals surface area contributed by atoms with Gasteiger partial charge in [0.15, 0.2) is 6.61 Å². The smallest absolute Gasteiger partial charge is 0.341 e. The third-order valence-electron chi connectivity index (χ3n) is 2.62. The first-order chi connectivity index (χ1) is 10.1. The molecule has 0 spiro atoms. The molecule has 0 aliphatic carbocycles. The molecular formula is C15H21NO4S. The number of aliphatic carboxylic acids is 1. The molecule has 5 nitrogen and oxygen atoms in total. The predicted molar refractivity (Wildman–Crippen MR) is 85.1 cm³/mol. The maximum Gasteiger partial charge on any atom is 0.341 e. The molecule has 21 heavy (non-hydrogen) atoms. The van der Waals surface area contributed by atoms with Gasteiger partial charge >= 0.3 is 5.97 Å². The number of unbranched alkanes of at least 4 members (excludes halogenated alkanes) is 1. The standard InChI is InChI=1S/C15H21NO4S/c1-2-3-9-21-10-8-14(17)16-12-4-6-13(7-5-12)20-11-15(18)19/h4-7H,2-3,8-11H2,1H3,(H,16,17)(H,18,19). The highest BCUT2D eigenvalue weighted by Crippen LogP contribution is 2.16. The normalized spacial score (nSPS) is 10.1. The summed E-state index contributed by atoms with van der Waals surface area (Å²) in [6.07, 6.45) is 2.85. The molecule has 0 radical (unpaired) electrons. The number of carboxylic acid groups (broad SMARTS) is 1. The molecule has 1 amide bonds. The van der Waals surface area contributed by atoms with Crippen molar-refractivity contribution in [3.8, 4) is 5.75 Å². The van der Waals surface area contributed by atoms with Crippen molar-refractivity contribution in [1.29, 1.82) is 0 Å². The van der Waals surface area contributed by atoms with Gasteiger partial charge in [-0.05, 0) is 36.4 Å². The zero-order chi connectivity index (χ0) is 15.5. The van der Waals surface area contributed by atoms with Crippen LogP contribution in [0.3, 0.4) is 0 Å². The van der Waals surface area contributed by atoms with Crippen LogP contribution >= 0.6 is 11.8 Å². The zero-order valence-electron chi connectivity index (χ0n) is 12.1. The third-order valence-corrected chi connectivity index (χ3v) is 3.69. The van der Waals surface area contributed by atoms with Gasteiger partial charge in [-0.15, -0.1) is 0 Å². The van der Waals surface area contributed by atoms with Crippen LogP contribution in [0.2, 0.25) is 0 Å². The lowest BCUT2D eigenvalue weighted by Gasteiger charge is -2.07. The van der Waals surface area contributed by atoms with Crippen LogP contribution in [0.25, 0.3) is 0 Å². The van der Waals surface area contributed by atoms with Crippen LogP contribution in [0.4, 0.5) is 5.69 Å². The maximum atomic E-state index is 11.7. The van der Waals surface area contributed by atoms with E-state index >= 15 is 0 Å². The number of rotatable bonds is 10. The Bertz CT molecular complexity index is 447. The molecular weight excluding hydrogens is 290 g/mol. The van der Waals surface area contributed by atoms with Crippen LogP contribution in [0, 0.1) is 0 Å². The van der Waals surface area contributed by atoms with E-state index in [-0.39, 0.29) is 12.5 Å². The van der Waals surface area contributed by atoms with E-state index in [0.29, 0.717) is 17.9 Å². The van der Waals surface area contributed by atoms with Crippen molar-refractivity contribution in [2.24, 2.45) is 0 Å². The van der Waals surface area contributed by atoms with E-state index < -0.39 is 5.97 Å². The third kappa shape index (κ3) is 8.24. The average molecular weight is 311 g/mol. The van der Waals surface area contributed by atoms with Crippen molar-refractivity contribution in [2.75, 3.05) is 23.4 Å². The van der Waals surface area contributed by atoms with Gasteiger partial charge in [-0.25, -0.2) is 4.79 Å². The highest BCUT2D eigenvalue weighted by molar-refractivity contribution is 7.99. The highest BCUT2D eigenvalue weighted by atomic mass is 32.2. The Morgan fingerprint density at radius 3 is 2.57 bits per heavy atom. The Balaban J connectivity index is 2.27. The fourth-order valence-electron chi connectivity index (χ4n) is 1.52. The van der Waals surface area contributed by atoms with Gasteiger partial charge in [-0.3, -0.25) is 4.79 Å². The van der Waals surface area contributed by atoms with Crippen molar-refractivity contribution in [3.63, 3.8) is 0 Å². The van der Waals surface area contributed by atoms with Gasteiger partial charge in [0.05, 0.1) is 0 Å². The van der Waals surface area contributed by atoms with E-state index in [1.54, 1.807) is 36.0 Å².